The lowest BCUT2D eigenvalue weighted by atomic mass is 10.1. The number of nitrogens with one attached hydrogen (secondary N) is 1. The molecule has 0 spiro atoms. The number of benzene rings is 1. The predicted molar refractivity (Wildman–Crippen MR) is 85.9 cm³/mol. The topological polar surface area (TPSA) is 84.1 Å². The first-order chi connectivity index (χ1) is 11.2. The van der Waals surface area contributed by atoms with Gasteiger partial charge in [0.2, 0.25) is 0 Å². The Morgan fingerprint density at radius 2 is 2.08 bits per heavy atom. The molecule has 1 aromatic heterocycles. The van der Waals surface area contributed by atoms with Gasteiger partial charge in [0.25, 0.3) is 0 Å². The van der Waals surface area contributed by atoms with Crippen LogP contribution < -0.4 is 11.1 Å². The molecule has 2 aromatic rings. The molecule has 0 aliphatic heterocycles. The molecule has 1 atom stereocenters. The van der Waals surface area contributed by atoms with E-state index >= 15 is 0 Å². The summed E-state index contributed by atoms with van der Waals surface area (Å²) in [5.74, 6) is -0.651. The zero-order chi connectivity index (χ0) is 17.9. The smallest absolute Gasteiger partial charge is 0.421 e. The van der Waals surface area contributed by atoms with Crippen molar-refractivity contribution in [2.24, 2.45) is 5.73 Å². The molecule has 1 heterocycles. The quantitative estimate of drug-likeness (QED) is 0.757. The number of nitrogens with two attached hydrogens (primary N) is 1. The van der Waals surface area contributed by atoms with Gasteiger partial charge in [-0.3, -0.25) is 0 Å². The lowest BCUT2D eigenvalue weighted by Crippen LogP contribution is -2.29. The number of aromatic nitrogens is 2. The van der Waals surface area contributed by atoms with Crippen molar-refractivity contribution in [2.45, 2.75) is 25.6 Å². The summed E-state index contributed by atoms with van der Waals surface area (Å²) in [6.45, 7) is 1.95. The number of aromatic hydroxyl groups is 1. The van der Waals surface area contributed by atoms with Gasteiger partial charge in [0.15, 0.2) is 5.82 Å². The number of phenolic OH excluding ortho intramolecular Hbond substituents is 1. The first-order valence-corrected chi connectivity index (χ1v) is 7.52. The van der Waals surface area contributed by atoms with Crippen LogP contribution in [0.4, 0.5) is 19.0 Å². The van der Waals surface area contributed by atoms with Crippen LogP contribution in [0, 0.1) is 0 Å². The molecular weight excluding hydrogens is 345 g/mol. The van der Waals surface area contributed by atoms with Crippen molar-refractivity contribution in [1.29, 1.82) is 0 Å². The molecule has 2 rings (SSSR count). The monoisotopic (exact) mass is 360 g/mol. The zero-order valence-corrected chi connectivity index (χ0v) is 13.5. The van der Waals surface area contributed by atoms with Crippen molar-refractivity contribution in [1.82, 2.24) is 9.97 Å². The van der Waals surface area contributed by atoms with Crippen LogP contribution in [-0.4, -0.2) is 27.7 Å². The normalized spacial score (nSPS) is 12.9. The molecule has 4 N–H and O–H groups in total. The molecule has 0 radical (unpaired) electrons. The van der Waals surface area contributed by atoms with E-state index in [1.807, 2.05) is 6.92 Å². The van der Waals surface area contributed by atoms with Gasteiger partial charge >= 0.3 is 6.18 Å². The van der Waals surface area contributed by atoms with Crippen LogP contribution in [0.15, 0.2) is 24.4 Å². The summed E-state index contributed by atoms with van der Waals surface area (Å²) in [5, 5.41) is 12.8. The Labute approximate surface area is 141 Å². The molecule has 0 bridgehead atoms. The van der Waals surface area contributed by atoms with Crippen molar-refractivity contribution in [3.05, 3.63) is 35.0 Å². The molecule has 0 fully saturated rings. The maximum atomic E-state index is 13.1. The van der Waals surface area contributed by atoms with E-state index in [1.165, 1.54) is 18.2 Å². The van der Waals surface area contributed by atoms with Crippen LogP contribution in [0.25, 0.3) is 11.4 Å². The van der Waals surface area contributed by atoms with Crippen LogP contribution in [0.5, 0.6) is 5.75 Å². The second-order valence-electron chi connectivity index (χ2n) is 5.16. The highest BCUT2D eigenvalue weighted by Gasteiger charge is 2.35. The molecule has 0 aliphatic rings. The van der Waals surface area contributed by atoms with E-state index < -0.39 is 17.6 Å². The number of alkyl halides is 3. The van der Waals surface area contributed by atoms with Crippen LogP contribution >= 0.6 is 11.6 Å². The van der Waals surface area contributed by atoms with Crippen molar-refractivity contribution >= 4 is 17.4 Å². The average Bonchev–Trinajstić information content (AvgIpc) is 2.53. The second kappa shape index (κ2) is 7.23. The third-order valence-electron chi connectivity index (χ3n) is 3.35. The van der Waals surface area contributed by atoms with Crippen molar-refractivity contribution in [3.8, 4) is 17.1 Å². The first kappa shape index (κ1) is 18.3. The Kier molecular flexibility index (Phi) is 5.51. The fraction of sp³-hybridized carbons (Fsp3) is 0.333. The van der Waals surface area contributed by atoms with Gasteiger partial charge in [0, 0.05) is 23.8 Å². The summed E-state index contributed by atoms with van der Waals surface area (Å²) < 4.78 is 39.3. The van der Waals surface area contributed by atoms with E-state index in [1.54, 1.807) is 0 Å². The van der Waals surface area contributed by atoms with Gasteiger partial charge in [-0.15, -0.1) is 0 Å². The highest BCUT2D eigenvalue weighted by Crippen LogP contribution is 2.36. The van der Waals surface area contributed by atoms with Crippen molar-refractivity contribution in [2.75, 3.05) is 11.9 Å². The third kappa shape index (κ3) is 4.27. The molecule has 0 aliphatic carbocycles. The van der Waals surface area contributed by atoms with Gasteiger partial charge in [0.1, 0.15) is 17.1 Å². The number of anilines is 1. The highest BCUT2D eigenvalue weighted by molar-refractivity contribution is 6.30. The summed E-state index contributed by atoms with van der Waals surface area (Å²) in [7, 11) is 0. The van der Waals surface area contributed by atoms with E-state index in [0.29, 0.717) is 17.6 Å². The Morgan fingerprint density at radius 1 is 1.38 bits per heavy atom. The molecule has 0 saturated carbocycles. The minimum atomic E-state index is -4.62. The zero-order valence-electron chi connectivity index (χ0n) is 12.7. The summed E-state index contributed by atoms with van der Waals surface area (Å²) in [4.78, 5) is 7.61. The molecule has 5 nitrogen and oxygen atoms in total. The molecule has 0 unspecified atom stereocenters. The van der Waals surface area contributed by atoms with E-state index in [-0.39, 0.29) is 29.7 Å². The van der Waals surface area contributed by atoms with Crippen LogP contribution in [-0.2, 0) is 6.18 Å². The third-order valence-corrected chi connectivity index (χ3v) is 3.58. The van der Waals surface area contributed by atoms with Crippen LogP contribution in [0.2, 0.25) is 5.02 Å². The number of nitrogens with zero attached hydrogens (tertiary/aromatic N) is 2. The van der Waals surface area contributed by atoms with E-state index in [4.69, 9.17) is 17.3 Å². The molecule has 24 heavy (non-hydrogen) atoms. The Bertz CT molecular complexity index is 724. The number of phenols is 1. The predicted octanol–water partition coefficient (Wildman–Crippen LogP) is 3.67. The highest BCUT2D eigenvalue weighted by atomic mass is 35.5. The number of halogens is 4. The fourth-order valence-corrected chi connectivity index (χ4v) is 2.09. The fourth-order valence-electron chi connectivity index (χ4n) is 1.91. The molecular formula is C15H16ClF3N4O. The Morgan fingerprint density at radius 3 is 2.71 bits per heavy atom. The Hall–Kier alpha value is -2.06. The SMILES string of the molecule is CC[C@@H](N)CNc1nc(-c2cc(Cl)ccc2O)ncc1C(F)(F)F. The van der Waals surface area contributed by atoms with Gasteiger partial charge in [-0.25, -0.2) is 9.97 Å². The molecule has 130 valence electrons. The maximum absolute atomic E-state index is 13.1. The standard InChI is InChI=1S/C15H16ClF3N4O/c1-2-9(20)6-21-14-11(15(17,18)19)7-22-13(23-14)10-5-8(16)3-4-12(10)24/h3-5,7,9,24H,2,6,20H2,1H3,(H,21,22,23)/t9-/m1/s1. The molecule has 0 amide bonds. The van der Waals surface area contributed by atoms with Gasteiger partial charge in [0.05, 0.1) is 5.56 Å². The molecule has 1 aromatic carbocycles. The van der Waals surface area contributed by atoms with E-state index in [0.717, 1.165) is 0 Å². The van der Waals surface area contributed by atoms with Gasteiger partial charge in [-0.05, 0) is 24.6 Å². The van der Waals surface area contributed by atoms with Crippen molar-refractivity contribution < 1.29 is 18.3 Å². The summed E-state index contributed by atoms with van der Waals surface area (Å²) in [5.41, 5.74) is 4.86. The maximum Gasteiger partial charge on any atom is 0.421 e. The minimum Gasteiger partial charge on any atom is -0.507 e. The number of hydrogen-bond donors (Lipinski definition) is 3. The van der Waals surface area contributed by atoms with E-state index in [2.05, 4.69) is 15.3 Å². The van der Waals surface area contributed by atoms with Gasteiger partial charge in [-0.2, -0.15) is 13.2 Å². The van der Waals surface area contributed by atoms with Crippen LogP contribution in [0.3, 0.4) is 0 Å². The number of hydrogen-bond acceptors (Lipinski definition) is 5. The average molecular weight is 361 g/mol. The van der Waals surface area contributed by atoms with Gasteiger partial charge < -0.3 is 16.2 Å². The van der Waals surface area contributed by atoms with Crippen molar-refractivity contribution in [3.63, 3.8) is 0 Å². The van der Waals surface area contributed by atoms with Gasteiger partial charge in [-0.1, -0.05) is 18.5 Å². The summed E-state index contributed by atoms with van der Waals surface area (Å²) in [6, 6.07) is 3.83. The second-order valence-corrected chi connectivity index (χ2v) is 5.60. The summed E-state index contributed by atoms with van der Waals surface area (Å²) >= 11 is 5.85. The number of rotatable bonds is 5. The largest absolute Gasteiger partial charge is 0.507 e. The lowest BCUT2D eigenvalue weighted by Gasteiger charge is -2.16. The lowest BCUT2D eigenvalue weighted by molar-refractivity contribution is -0.137. The first-order valence-electron chi connectivity index (χ1n) is 7.15. The molecule has 0 saturated heterocycles. The molecule has 9 heteroatoms. The Balaban J connectivity index is 2.47. The van der Waals surface area contributed by atoms with Crippen LogP contribution in [0.1, 0.15) is 18.9 Å². The summed E-state index contributed by atoms with van der Waals surface area (Å²) in [6.07, 6.45) is -3.35. The minimum absolute atomic E-state index is 0.0735. The van der Waals surface area contributed by atoms with E-state index in [9.17, 15) is 18.3 Å².